The third kappa shape index (κ3) is 4.53. The van der Waals surface area contributed by atoms with Crippen LogP contribution < -0.4 is 15.5 Å². The van der Waals surface area contributed by atoms with Crippen LogP contribution in [0, 0.1) is 6.92 Å². The summed E-state index contributed by atoms with van der Waals surface area (Å²) in [6.07, 6.45) is 5.85. The minimum Gasteiger partial charge on any atom is -0.356 e. The molecule has 1 aromatic carbocycles. The number of carbonyl (C=O) groups is 1. The topological polar surface area (TPSA) is 88.0 Å². The summed E-state index contributed by atoms with van der Waals surface area (Å²) in [6, 6.07) is 10.9. The van der Waals surface area contributed by atoms with E-state index in [9.17, 15) is 4.79 Å². The summed E-state index contributed by atoms with van der Waals surface area (Å²) in [5, 5.41) is 10.3. The molecule has 0 spiro atoms. The highest BCUT2D eigenvalue weighted by Crippen LogP contribution is 2.22. The van der Waals surface area contributed by atoms with Crippen LogP contribution in [0.1, 0.15) is 31.5 Å². The zero-order chi connectivity index (χ0) is 20.2. The lowest BCUT2D eigenvalue weighted by Gasteiger charge is -2.18. The number of amides is 1. The molecule has 0 bridgehead atoms. The van der Waals surface area contributed by atoms with Crippen molar-refractivity contribution >= 4 is 29.0 Å². The standard InChI is InChI=1S/C21H25N7O/c1-15-14-19(27-11-3-4-12-27)26-21(23-15)25-18-8-6-17(7-9-18)24-20(29)16(2)28-13-5-10-22-28/h5-10,13-14,16H,3-4,11-12H2,1-2H3,(H,24,29)(H,23,25,26)/t16-/m0/s1. The van der Waals surface area contributed by atoms with Gasteiger partial charge in [0.2, 0.25) is 11.9 Å². The smallest absolute Gasteiger partial charge is 0.248 e. The van der Waals surface area contributed by atoms with Gasteiger partial charge in [-0.1, -0.05) is 0 Å². The van der Waals surface area contributed by atoms with Gasteiger partial charge in [-0.3, -0.25) is 9.48 Å². The van der Waals surface area contributed by atoms with Crippen molar-refractivity contribution in [2.45, 2.75) is 32.7 Å². The van der Waals surface area contributed by atoms with E-state index < -0.39 is 0 Å². The molecular weight excluding hydrogens is 366 g/mol. The van der Waals surface area contributed by atoms with Crippen molar-refractivity contribution in [2.24, 2.45) is 0 Å². The van der Waals surface area contributed by atoms with E-state index in [-0.39, 0.29) is 11.9 Å². The third-order valence-corrected chi connectivity index (χ3v) is 4.98. The molecule has 4 rings (SSSR count). The molecular formula is C21H25N7O. The summed E-state index contributed by atoms with van der Waals surface area (Å²) < 4.78 is 1.62. The Labute approximate surface area is 170 Å². The molecule has 2 N–H and O–H groups in total. The predicted octanol–water partition coefficient (Wildman–Crippen LogP) is 3.53. The number of rotatable bonds is 6. The molecule has 1 saturated heterocycles. The lowest BCUT2D eigenvalue weighted by Crippen LogP contribution is -2.23. The Hall–Kier alpha value is -3.42. The summed E-state index contributed by atoms with van der Waals surface area (Å²) in [5.74, 6) is 1.43. The lowest BCUT2D eigenvalue weighted by atomic mass is 10.2. The number of aromatic nitrogens is 4. The Bertz CT molecular complexity index is 963. The van der Waals surface area contributed by atoms with Crippen LogP contribution in [0.4, 0.5) is 23.1 Å². The first kappa shape index (κ1) is 18.9. The van der Waals surface area contributed by atoms with E-state index in [1.807, 2.05) is 44.2 Å². The molecule has 150 valence electrons. The van der Waals surface area contributed by atoms with Gasteiger partial charge in [-0.2, -0.15) is 10.1 Å². The van der Waals surface area contributed by atoms with Gasteiger partial charge in [-0.05, 0) is 57.0 Å². The molecule has 8 heteroatoms. The van der Waals surface area contributed by atoms with Crippen LogP contribution in [-0.4, -0.2) is 38.7 Å². The number of nitrogens with zero attached hydrogens (tertiary/aromatic N) is 5. The Morgan fingerprint density at radius 1 is 1.10 bits per heavy atom. The highest BCUT2D eigenvalue weighted by atomic mass is 16.2. The van der Waals surface area contributed by atoms with Crippen LogP contribution in [0.3, 0.4) is 0 Å². The molecule has 29 heavy (non-hydrogen) atoms. The van der Waals surface area contributed by atoms with E-state index >= 15 is 0 Å². The fourth-order valence-electron chi connectivity index (χ4n) is 3.36. The van der Waals surface area contributed by atoms with Crippen molar-refractivity contribution in [3.05, 3.63) is 54.5 Å². The van der Waals surface area contributed by atoms with Gasteiger partial charge < -0.3 is 15.5 Å². The average Bonchev–Trinajstić information content (AvgIpc) is 3.42. The van der Waals surface area contributed by atoms with Crippen LogP contribution in [0.25, 0.3) is 0 Å². The van der Waals surface area contributed by atoms with E-state index in [0.717, 1.165) is 36.0 Å². The lowest BCUT2D eigenvalue weighted by molar-refractivity contribution is -0.119. The highest BCUT2D eigenvalue weighted by Gasteiger charge is 2.16. The molecule has 3 aromatic rings. The molecule has 0 radical (unpaired) electrons. The first-order chi connectivity index (χ1) is 14.1. The fourth-order valence-corrected chi connectivity index (χ4v) is 3.36. The van der Waals surface area contributed by atoms with Gasteiger partial charge in [0.15, 0.2) is 0 Å². The molecule has 0 aliphatic carbocycles. The second kappa shape index (κ2) is 8.30. The molecule has 3 heterocycles. The van der Waals surface area contributed by atoms with Crippen molar-refractivity contribution in [1.82, 2.24) is 19.7 Å². The van der Waals surface area contributed by atoms with Gasteiger partial charge in [0.05, 0.1) is 0 Å². The minimum atomic E-state index is -0.382. The van der Waals surface area contributed by atoms with Gasteiger partial charge in [-0.25, -0.2) is 4.98 Å². The highest BCUT2D eigenvalue weighted by molar-refractivity contribution is 5.93. The van der Waals surface area contributed by atoms with E-state index in [1.165, 1.54) is 12.8 Å². The molecule has 0 saturated carbocycles. The number of aryl methyl sites for hydroxylation is 1. The van der Waals surface area contributed by atoms with E-state index in [4.69, 9.17) is 0 Å². The van der Waals surface area contributed by atoms with Crippen molar-refractivity contribution in [2.75, 3.05) is 28.6 Å². The van der Waals surface area contributed by atoms with Crippen molar-refractivity contribution < 1.29 is 4.79 Å². The third-order valence-electron chi connectivity index (χ3n) is 4.98. The van der Waals surface area contributed by atoms with Crippen LogP contribution in [0.2, 0.25) is 0 Å². The zero-order valence-corrected chi connectivity index (χ0v) is 16.7. The number of hydrogen-bond donors (Lipinski definition) is 2. The van der Waals surface area contributed by atoms with E-state index in [2.05, 4.69) is 30.6 Å². The number of carbonyl (C=O) groups excluding carboxylic acids is 1. The van der Waals surface area contributed by atoms with Gasteiger partial charge >= 0.3 is 0 Å². The largest absolute Gasteiger partial charge is 0.356 e. The van der Waals surface area contributed by atoms with Crippen LogP contribution in [0.5, 0.6) is 0 Å². The number of hydrogen-bond acceptors (Lipinski definition) is 6. The quantitative estimate of drug-likeness (QED) is 0.668. The van der Waals surface area contributed by atoms with Crippen molar-refractivity contribution in [3.63, 3.8) is 0 Å². The molecule has 1 aliphatic rings. The van der Waals surface area contributed by atoms with Gasteiger partial charge in [0, 0.05) is 48.6 Å². The van der Waals surface area contributed by atoms with Crippen molar-refractivity contribution in [3.8, 4) is 0 Å². The molecule has 0 unspecified atom stereocenters. The summed E-state index contributed by atoms with van der Waals surface area (Å²) in [7, 11) is 0. The Morgan fingerprint density at radius 3 is 2.52 bits per heavy atom. The maximum Gasteiger partial charge on any atom is 0.248 e. The number of anilines is 4. The van der Waals surface area contributed by atoms with Gasteiger partial charge in [-0.15, -0.1) is 0 Å². The Morgan fingerprint density at radius 2 is 1.83 bits per heavy atom. The van der Waals surface area contributed by atoms with Crippen LogP contribution in [-0.2, 0) is 4.79 Å². The molecule has 8 nitrogen and oxygen atoms in total. The maximum absolute atomic E-state index is 12.4. The molecule has 1 aliphatic heterocycles. The number of nitrogens with one attached hydrogen (secondary N) is 2. The minimum absolute atomic E-state index is 0.119. The fraction of sp³-hybridized carbons (Fsp3) is 0.333. The monoisotopic (exact) mass is 391 g/mol. The van der Waals surface area contributed by atoms with Gasteiger partial charge in [0.1, 0.15) is 11.9 Å². The van der Waals surface area contributed by atoms with Crippen LogP contribution >= 0.6 is 0 Å². The first-order valence-electron chi connectivity index (χ1n) is 9.86. The maximum atomic E-state index is 12.4. The summed E-state index contributed by atoms with van der Waals surface area (Å²) in [4.78, 5) is 23.8. The summed E-state index contributed by atoms with van der Waals surface area (Å²) in [6.45, 7) is 5.87. The van der Waals surface area contributed by atoms with E-state index in [1.54, 1.807) is 23.1 Å². The zero-order valence-electron chi connectivity index (χ0n) is 16.7. The molecule has 1 fully saturated rings. The molecule has 2 aromatic heterocycles. The van der Waals surface area contributed by atoms with Crippen molar-refractivity contribution in [1.29, 1.82) is 0 Å². The SMILES string of the molecule is Cc1cc(N2CCCC2)nc(Nc2ccc(NC(=O)[C@H](C)n3cccn3)cc2)n1. The Kier molecular flexibility index (Phi) is 5.41. The molecule has 1 atom stereocenters. The normalized spacial score (nSPS) is 14.6. The molecule has 1 amide bonds. The van der Waals surface area contributed by atoms with E-state index in [0.29, 0.717) is 5.95 Å². The second-order valence-electron chi connectivity index (χ2n) is 7.24. The first-order valence-corrected chi connectivity index (χ1v) is 9.86. The Balaban J connectivity index is 1.41. The number of benzene rings is 1. The van der Waals surface area contributed by atoms with Gasteiger partial charge in [0.25, 0.3) is 0 Å². The summed E-state index contributed by atoms with van der Waals surface area (Å²) >= 11 is 0. The predicted molar refractivity (Wildman–Crippen MR) is 114 cm³/mol. The summed E-state index contributed by atoms with van der Waals surface area (Å²) in [5.41, 5.74) is 2.52. The average molecular weight is 391 g/mol. The second-order valence-corrected chi connectivity index (χ2v) is 7.24. The van der Waals surface area contributed by atoms with Crippen LogP contribution in [0.15, 0.2) is 48.8 Å².